The van der Waals surface area contributed by atoms with E-state index in [0.29, 0.717) is 0 Å². The van der Waals surface area contributed by atoms with Gasteiger partial charge in [-0.25, -0.2) is 0 Å². The number of carboxylic acid groups (broad SMARTS) is 1. The molecular weight excluding hydrogens is 394 g/mol. The third kappa shape index (κ3) is 15.1. The molecule has 0 aliphatic rings. The topological polar surface area (TPSA) is 66.4 Å². The second-order valence-corrected chi connectivity index (χ2v) is 8.40. The molecule has 0 bridgehead atoms. The Kier molecular flexibility index (Phi) is 15.8. The number of rotatable bonds is 18. The number of benzene rings is 1. The first kappa shape index (κ1) is 26.3. The molecule has 0 radical (unpaired) electrons. The average molecular weight is 434 g/mol. The predicted molar refractivity (Wildman–Crippen MR) is 127 cm³/mol. The van der Waals surface area contributed by atoms with Crippen molar-refractivity contribution in [2.24, 2.45) is 0 Å². The van der Waals surface area contributed by atoms with Crippen LogP contribution in [0.15, 0.2) is 41.4 Å². The van der Waals surface area contributed by atoms with Crippen LogP contribution in [0.25, 0.3) is 0 Å². The molecule has 0 unspecified atom stereocenters. The molecule has 1 aromatic carbocycles. The number of carbonyl (C=O) groups is 2. The highest BCUT2D eigenvalue weighted by Crippen LogP contribution is 2.17. The number of aryl methyl sites for hydroxylation is 1. The maximum atomic E-state index is 11.3. The molecule has 0 aliphatic carbocycles. The highest BCUT2D eigenvalue weighted by molar-refractivity contribution is 7.80. The van der Waals surface area contributed by atoms with E-state index in [1.807, 2.05) is 12.1 Å². The lowest BCUT2D eigenvalue weighted by atomic mass is 10.0. The highest BCUT2D eigenvalue weighted by atomic mass is 32.1. The van der Waals surface area contributed by atoms with Crippen LogP contribution >= 0.6 is 12.6 Å². The SMILES string of the molecule is O=C(O)CCC(=O)NC=CCCCCCCCCCCCCCc1ccccc1S. The summed E-state index contributed by atoms with van der Waals surface area (Å²) in [4.78, 5) is 22.8. The van der Waals surface area contributed by atoms with Crippen molar-refractivity contribution >= 4 is 24.5 Å². The van der Waals surface area contributed by atoms with E-state index in [0.717, 1.165) is 24.2 Å². The van der Waals surface area contributed by atoms with Crippen molar-refractivity contribution in [3.8, 4) is 0 Å². The molecule has 168 valence electrons. The molecule has 0 saturated heterocycles. The molecule has 1 rings (SSSR count). The van der Waals surface area contributed by atoms with Crippen LogP contribution in [0, 0.1) is 0 Å². The van der Waals surface area contributed by atoms with Gasteiger partial charge in [0.2, 0.25) is 5.91 Å². The second kappa shape index (κ2) is 18.1. The first-order valence-electron chi connectivity index (χ1n) is 11.5. The van der Waals surface area contributed by atoms with Crippen LogP contribution in [0.4, 0.5) is 0 Å². The first-order chi connectivity index (χ1) is 14.6. The molecule has 30 heavy (non-hydrogen) atoms. The van der Waals surface area contributed by atoms with Crippen LogP contribution in [0.3, 0.4) is 0 Å². The summed E-state index contributed by atoms with van der Waals surface area (Å²) in [5, 5.41) is 11.1. The standard InChI is InChI=1S/C25H39NO3S/c27-24(19-20-25(28)29)26-21-15-11-9-7-5-3-1-2-4-6-8-10-12-16-22-17-13-14-18-23(22)30/h13-15,17-18,21,30H,1-12,16,19-20H2,(H,26,27)(H,28,29). The minimum Gasteiger partial charge on any atom is -0.481 e. The molecule has 5 heteroatoms. The van der Waals surface area contributed by atoms with Crippen LogP contribution in [-0.2, 0) is 16.0 Å². The van der Waals surface area contributed by atoms with Crippen LogP contribution in [0.2, 0.25) is 0 Å². The largest absolute Gasteiger partial charge is 0.481 e. The van der Waals surface area contributed by atoms with Crippen LogP contribution in [0.1, 0.15) is 95.5 Å². The average Bonchev–Trinajstić information content (AvgIpc) is 2.73. The molecule has 0 atom stereocenters. The fourth-order valence-electron chi connectivity index (χ4n) is 3.42. The van der Waals surface area contributed by atoms with E-state index in [2.05, 4.69) is 36.1 Å². The van der Waals surface area contributed by atoms with E-state index in [1.54, 1.807) is 6.20 Å². The zero-order valence-corrected chi connectivity index (χ0v) is 19.2. The summed E-state index contributed by atoms with van der Waals surface area (Å²) in [6.07, 6.45) is 19.9. The van der Waals surface area contributed by atoms with Gasteiger partial charge in [-0.3, -0.25) is 9.59 Å². The lowest BCUT2D eigenvalue weighted by molar-refractivity contribution is -0.138. The van der Waals surface area contributed by atoms with Gasteiger partial charge >= 0.3 is 5.97 Å². The Balaban J connectivity index is 1.80. The van der Waals surface area contributed by atoms with Crippen molar-refractivity contribution in [1.82, 2.24) is 5.32 Å². The smallest absolute Gasteiger partial charge is 0.303 e. The number of unbranched alkanes of at least 4 members (excludes halogenated alkanes) is 11. The second-order valence-electron chi connectivity index (χ2n) is 7.92. The van der Waals surface area contributed by atoms with Gasteiger partial charge in [-0.2, -0.15) is 0 Å². The molecule has 0 spiro atoms. The number of nitrogens with one attached hydrogen (secondary N) is 1. The molecule has 4 nitrogen and oxygen atoms in total. The Morgan fingerprint density at radius 1 is 0.833 bits per heavy atom. The summed E-state index contributed by atoms with van der Waals surface area (Å²) in [5.41, 5.74) is 1.37. The van der Waals surface area contributed by atoms with E-state index in [4.69, 9.17) is 5.11 Å². The molecule has 0 aromatic heterocycles. The van der Waals surface area contributed by atoms with E-state index in [1.165, 1.54) is 69.8 Å². The number of thiol groups is 1. The number of hydrogen-bond acceptors (Lipinski definition) is 3. The molecule has 0 saturated carbocycles. The summed E-state index contributed by atoms with van der Waals surface area (Å²) in [6.45, 7) is 0. The predicted octanol–water partition coefficient (Wildman–Crippen LogP) is 6.69. The number of hydrogen-bond donors (Lipinski definition) is 3. The normalized spacial score (nSPS) is 11.1. The van der Waals surface area contributed by atoms with Gasteiger partial charge in [0.15, 0.2) is 0 Å². The fourth-order valence-corrected chi connectivity index (χ4v) is 3.69. The number of amides is 1. The van der Waals surface area contributed by atoms with E-state index in [-0.39, 0.29) is 18.7 Å². The Bertz CT molecular complexity index is 631. The molecule has 0 fully saturated rings. The number of aliphatic carboxylic acids is 1. The zero-order chi connectivity index (χ0) is 21.9. The van der Waals surface area contributed by atoms with Gasteiger partial charge in [-0.15, -0.1) is 12.6 Å². The van der Waals surface area contributed by atoms with Crippen molar-refractivity contribution < 1.29 is 14.7 Å². The van der Waals surface area contributed by atoms with Gasteiger partial charge < -0.3 is 10.4 Å². The third-order valence-corrected chi connectivity index (χ3v) is 5.67. The Labute approximate surface area is 187 Å². The van der Waals surface area contributed by atoms with Crippen molar-refractivity contribution in [2.75, 3.05) is 0 Å². The lowest BCUT2D eigenvalue weighted by Crippen LogP contribution is -2.17. The van der Waals surface area contributed by atoms with Crippen molar-refractivity contribution in [3.63, 3.8) is 0 Å². The number of carbonyl (C=O) groups excluding carboxylic acids is 1. The fraction of sp³-hybridized carbons (Fsp3) is 0.600. The number of carboxylic acids is 1. The van der Waals surface area contributed by atoms with Crippen molar-refractivity contribution in [2.45, 2.75) is 101 Å². The maximum absolute atomic E-state index is 11.3. The summed E-state index contributed by atoms with van der Waals surface area (Å²) in [7, 11) is 0. The van der Waals surface area contributed by atoms with Gasteiger partial charge in [0.25, 0.3) is 0 Å². The molecular formula is C25H39NO3S. The Morgan fingerprint density at radius 3 is 2.00 bits per heavy atom. The minimum absolute atomic E-state index is 0.0320. The van der Waals surface area contributed by atoms with Gasteiger partial charge in [0, 0.05) is 11.3 Å². The summed E-state index contributed by atoms with van der Waals surface area (Å²) >= 11 is 4.51. The van der Waals surface area contributed by atoms with Gasteiger partial charge in [0.1, 0.15) is 0 Å². The summed E-state index contributed by atoms with van der Waals surface area (Å²) < 4.78 is 0. The zero-order valence-electron chi connectivity index (χ0n) is 18.3. The Morgan fingerprint density at radius 2 is 1.40 bits per heavy atom. The van der Waals surface area contributed by atoms with Crippen molar-refractivity contribution in [3.05, 3.63) is 42.1 Å². The van der Waals surface area contributed by atoms with E-state index < -0.39 is 5.97 Å². The molecule has 2 N–H and O–H groups in total. The van der Waals surface area contributed by atoms with Crippen LogP contribution in [0.5, 0.6) is 0 Å². The molecule has 1 amide bonds. The third-order valence-electron chi connectivity index (χ3n) is 5.24. The van der Waals surface area contributed by atoms with Gasteiger partial charge in [0.05, 0.1) is 6.42 Å². The van der Waals surface area contributed by atoms with Crippen molar-refractivity contribution in [1.29, 1.82) is 0 Å². The monoisotopic (exact) mass is 433 g/mol. The van der Waals surface area contributed by atoms with Crippen LogP contribution < -0.4 is 5.32 Å². The summed E-state index contributed by atoms with van der Waals surface area (Å²) in [5.74, 6) is -1.18. The van der Waals surface area contributed by atoms with Gasteiger partial charge in [-0.1, -0.05) is 82.1 Å². The molecule has 0 aliphatic heterocycles. The number of allylic oxidation sites excluding steroid dienone is 1. The lowest BCUT2D eigenvalue weighted by Gasteiger charge is -2.05. The maximum Gasteiger partial charge on any atom is 0.303 e. The van der Waals surface area contributed by atoms with E-state index >= 15 is 0 Å². The first-order valence-corrected chi connectivity index (χ1v) is 12.0. The minimum atomic E-state index is -0.944. The highest BCUT2D eigenvalue weighted by Gasteiger charge is 2.02. The van der Waals surface area contributed by atoms with E-state index in [9.17, 15) is 9.59 Å². The van der Waals surface area contributed by atoms with Gasteiger partial charge in [-0.05, 0) is 43.5 Å². The molecule has 1 aromatic rings. The van der Waals surface area contributed by atoms with Crippen LogP contribution in [-0.4, -0.2) is 17.0 Å². The molecule has 0 heterocycles. The quantitative estimate of drug-likeness (QED) is 0.178. The Hall–Kier alpha value is -1.75. The summed E-state index contributed by atoms with van der Waals surface area (Å²) in [6, 6.07) is 8.39.